The van der Waals surface area contributed by atoms with Crippen LogP contribution in [0.5, 0.6) is 0 Å². The number of nitrogens with zero attached hydrogens (tertiary/aromatic N) is 4. The molecule has 1 amide bonds. The average Bonchev–Trinajstić information content (AvgIpc) is 3.03. The standard InChI is InChI=1S/C18H23N7O/c1-11-7-15(20-9-12(11)2)24-17-13-8-14(23-16(13)21-10-22-17)18(26)19-5-6-25(3)4/h7-10H,5-6H2,1-4H3,(H,19,26)(H2,20,21,22,23,24). The number of likely N-dealkylation sites (N-methyl/N-ethyl adjacent to an activating group) is 1. The van der Waals surface area contributed by atoms with Crippen LogP contribution in [0.25, 0.3) is 11.0 Å². The summed E-state index contributed by atoms with van der Waals surface area (Å²) in [6.07, 6.45) is 3.27. The zero-order chi connectivity index (χ0) is 18.7. The summed E-state index contributed by atoms with van der Waals surface area (Å²) >= 11 is 0. The van der Waals surface area contributed by atoms with Crippen molar-refractivity contribution in [1.29, 1.82) is 0 Å². The molecule has 3 N–H and O–H groups in total. The fourth-order valence-electron chi connectivity index (χ4n) is 2.46. The van der Waals surface area contributed by atoms with Crippen molar-refractivity contribution in [2.75, 3.05) is 32.5 Å². The second-order valence-electron chi connectivity index (χ2n) is 6.51. The van der Waals surface area contributed by atoms with Gasteiger partial charge in [0.05, 0.1) is 5.39 Å². The van der Waals surface area contributed by atoms with Crippen molar-refractivity contribution in [3.05, 3.63) is 41.5 Å². The van der Waals surface area contributed by atoms with E-state index < -0.39 is 0 Å². The molecule has 8 nitrogen and oxygen atoms in total. The highest BCUT2D eigenvalue weighted by molar-refractivity contribution is 6.00. The molecule has 0 aliphatic rings. The van der Waals surface area contributed by atoms with Crippen LogP contribution in [0.2, 0.25) is 0 Å². The molecule has 136 valence electrons. The van der Waals surface area contributed by atoms with E-state index in [1.165, 1.54) is 6.33 Å². The summed E-state index contributed by atoms with van der Waals surface area (Å²) in [6, 6.07) is 3.72. The molecule has 0 aromatic carbocycles. The highest BCUT2D eigenvalue weighted by Gasteiger charge is 2.13. The van der Waals surface area contributed by atoms with Crippen molar-refractivity contribution >= 4 is 28.6 Å². The lowest BCUT2D eigenvalue weighted by Gasteiger charge is -2.09. The first-order valence-corrected chi connectivity index (χ1v) is 8.41. The number of nitrogens with one attached hydrogen (secondary N) is 3. The molecule has 0 spiro atoms. The van der Waals surface area contributed by atoms with Crippen molar-refractivity contribution in [3.8, 4) is 0 Å². The maximum atomic E-state index is 12.3. The van der Waals surface area contributed by atoms with Crippen molar-refractivity contribution in [1.82, 2.24) is 30.2 Å². The van der Waals surface area contributed by atoms with Crippen LogP contribution >= 0.6 is 0 Å². The van der Waals surface area contributed by atoms with Gasteiger partial charge in [-0.2, -0.15) is 0 Å². The number of rotatable bonds is 6. The molecule has 0 saturated carbocycles. The molecule has 8 heteroatoms. The van der Waals surface area contributed by atoms with Crippen LogP contribution in [0.3, 0.4) is 0 Å². The van der Waals surface area contributed by atoms with Gasteiger partial charge in [0, 0.05) is 19.3 Å². The number of aryl methyl sites for hydroxylation is 2. The molecule has 0 unspecified atom stereocenters. The van der Waals surface area contributed by atoms with Crippen LogP contribution in [0, 0.1) is 13.8 Å². The minimum atomic E-state index is -0.167. The molecule has 0 fully saturated rings. The van der Waals surface area contributed by atoms with E-state index in [1.807, 2.05) is 45.1 Å². The predicted molar refractivity (Wildman–Crippen MR) is 102 cm³/mol. The first-order valence-electron chi connectivity index (χ1n) is 8.41. The SMILES string of the molecule is Cc1cnc(Nc2ncnc3[nH]c(C(=O)NCCN(C)C)cc23)cc1C. The number of hydrogen-bond donors (Lipinski definition) is 3. The van der Waals surface area contributed by atoms with Crippen LogP contribution < -0.4 is 10.6 Å². The van der Waals surface area contributed by atoms with Crippen molar-refractivity contribution in [3.63, 3.8) is 0 Å². The number of H-pyrrole nitrogens is 1. The molecule has 0 aliphatic carbocycles. The van der Waals surface area contributed by atoms with E-state index in [0.29, 0.717) is 29.5 Å². The van der Waals surface area contributed by atoms with E-state index in [1.54, 1.807) is 6.07 Å². The summed E-state index contributed by atoms with van der Waals surface area (Å²) in [6.45, 7) is 5.40. The second kappa shape index (κ2) is 7.49. The molecule has 3 aromatic rings. The first kappa shape index (κ1) is 17.8. The maximum absolute atomic E-state index is 12.3. The van der Waals surface area contributed by atoms with Gasteiger partial charge in [-0.3, -0.25) is 4.79 Å². The highest BCUT2D eigenvalue weighted by Crippen LogP contribution is 2.23. The van der Waals surface area contributed by atoms with Gasteiger partial charge in [-0.25, -0.2) is 15.0 Å². The number of aromatic nitrogens is 4. The third-order valence-electron chi connectivity index (χ3n) is 4.13. The van der Waals surface area contributed by atoms with E-state index in [9.17, 15) is 4.79 Å². The molecular formula is C18H23N7O. The van der Waals surface area contributed by atoms with Gasteiger partial charge in [-0.05, 0) is 51.2 Å². The third-order valence-corrected chi connectivity index (χ3v) is 4.13. The van der Waals surface area contributed by atoms with Gasteiger partial charge in [-0.1, -0.05) is 0 Å². The van der Waals surface area contributed by atoms with Crippen molar-refractivity contribution in [2.45, 2.75) is 13.8 Å². The smallest absolute Gasteiger partial charge is 0.267 e. The van der Waals surface area contributed by atoms with E-state index in [2.05, 4.69) is 30.6 Å². The van der Waals surface area contributed by atoms with Gasteiger partial charge >= 0.3 is 0 Å². The Bertz CT molecular complexity index is 932. The van der Waals surface area contributed by atoms with Gasteiger partial charge in [0.1, 0.15) is 29.3 Å². The van der Waals surface area contributed by atoms with E-state index in [-0.39, 0.29) is 5.91 Å². The Kier molecular flexibility index (Phi) is 5.13. The number of carbonyl (C=O) groups is 1. The van der Waals surface area contributed by atoms with Crippen LogP contribution in [-0.2, 0) is 0 Å². The van der Waals surface area contributed by atoms with Crippen LogP contribution in [0.4, 0.5) is 11.6 Å². The number of amides is 1. The number of fused-ring (bicyclic) bond motifs is 1. The molecule has 0 atom stereocenters. The monoisotopic (exact) mass is 353 g/mol. The lowest BCUT2D eigenvalue weighted by Crippen LogP contribution is -2.31. The lowest BCUT2D eigenvalue weighted by molar-refractivity contribution is 0.0947. The largest absolute Gasteiger partial charge is 0.349 e. The topological polar surface area (TPSA) is 98.8 Å². The van der Waals surface area contributed by atoms with Gasteiger partial charge in [-0.15, -0.1) is 0 Å². The van der Waals surface area contributed by atoms with Crippen molar-refractivity contribution in [2.24, 2.45) is 0 Å². The Morgan fingerprint density at radius 1 is 1.15 bits per heavy atom. The van der Waals surface area contributed by atoms with Gasteiger partial charge < -0.3 is 20.5 Å². The zero-order valence-electron chi connectivity index (χ0n) is 15.4. The van der Waals surface area contributed by atoms with Crippen molar-refractivity contribution < 1.29 is 4.79 Å². The lowest BCUT2D eigenvalue weighted by atomic mass is 10.2. The summed E-state index contributed by atoms with van der Waals surface area (Å²) in [5, 5.41) is 6.83. The molecule has 0 aliphatic heterocycles. The molecule has 0 bridgehead atoms. The number of carbonyl (C=O) groups excluding carboxylic acids is 1. The summed E-state index contributed by atoms with van der Waals surface area (Å²) in [7, 11) is 3.92. The van der Waals surface area contributed by atoms with Crippen LogP contribution in [0.15, 0.2) is 24.7 Å². The van der Waals surface area contributed by atoms with E-state index in [4.69, 9.17) is 0 Å². The quantitative estimate of drug-likeness (QED) is 0.627. The average molecular weight is 353 g/mol. The summed E-state index contributed by atoms with van der Waals surface area (Å²) in [5.74, 6) is 1.14. The molecule has 0 radical (unpaired) electrons. The van der Waals surface area contributed by atoms with E-state index >= 15 is 0 Å². The fraction of sp³-hybridized carbons (Fsp3) is 0.333. The number of anilines is 2. The fourth-order valence-corrected chi connectivity index (χ4v) is 2.46. The van der Waals surface area contributed by atoms with E-state index in [0.717, 1.165) is 23.1 Å². The zero-order valence-corrected chi connectivity index (χ0v) is 15.4. The van der Waals surface area contributed by atoms with Crippen LogP contribution in [-0.4, -0.2) is 57.9 Å². The number of pyridine rings is 1. The number of aromatic amines is 1. The Hall–Kier alpha value is -3.00. The minimum Gasteiger partial charge on any atom is -0.349 e. The molecule has 3 aromatic heterocycles. The van der Waals surface area contributed by atoms with Gasteiger partial charge in [0.2, 0.25) is 0 Å². The molecule has 0 saturated heterocycles. The molecule has 26 heavy (non-hydrogen) atoms. The van der Waals surface area contributed by atoms with Crippen LogP contribution in [0.1, 0.15) is 21.6 Å². The number of hydrogen-bond acceptors (Lipinski definition) is 6. The maximum Gasteiger partial charge on any atom is 0.267 e. The Labute approximate surface area is 152 Å². The molecular weight excluding hydrogens is 330 g/mol. The van der Waals surface area contributed by atoms with Gasteiger partial charge in [0.15, 0.2) is 0 Å². The third kappa shape index (κ3) is 3.97. The Morgan fingerprint density at radius 2 is 1.96 bits per heavy atom. The first-order chi connectivity index (χ1) is 12.4. The Morgan fingerprint density at radius 3 is 2.69 bits per heavy atom. The molecule has 3 heterocycles. The van der Waals surface area contributed by atoms with Gasteiger partial charge in [0.25, 0.3) is 5.91 Å². The summed E-state index contributed by atoms with van der Waals surface area (Å²) < 4.78 is 0. The predicted octanol–water partition coefficient (Wildman–Crippen LogP) is 2.00. The molecule has 3 rings (SSSR count). The minimum absolute atomic E-state index is 0.167. The summed E-state index contributed by atoms with van der Waals surface area (Å²) in [4.78, 5) is 30.2. The normalized spacial score (nSPS) is 11.1. The summed E-state index contributed by atoms with van der Waals surface area (Å²) in [5.41, 5.74) is 3.32. The highest BCUT2D eigenvalue weighted by atomic mass is 16.1. The Balaban J connectivity index is 1.82. The second-order valence-corrected chi connectivity index (χ2v) is 6.51.